The minimum absolute atomic E-state index is 0.0671. The smallest absolute Gasteiger partial charge is 0.444 e. The van der Waals surface area contributed by atoms with Gasteiger partial charge in [0.05, 0.1) is 0 Å². The highest BCUT2D eigenvalue weighted by Gasteiger charge is 2.33. The average Bonchev–Trinajstić information content (AvgIpc) is 2.62. The monoisotopic (exact) mass is 241 g/mol. The zero-order chi connectivity index (χ0) is 13.2. The van der Waals surface area contributed by atoms with Crippen molar-refractivity contribution in [3.63, 3.8) is 0 Å². The van der Waals surface area contributed by atoms with Crippen molar-refractivity contribution >= 4 is 13.2 Å². The summed E-state index contributed by atoms with van der Waals surface area (Å²) in [5.74, 6) is -0.0671. The van der Waals surface area contributed by atoms with E-state index >= 15 is 0 Å². The highest BCUT2D eigenvalue weighted by atomic mass is 16.6. The zero-order valence-corrected chi connectivity index (χ0v) is 10.6. The highest BCUT2D eigenvalue weighted by molar-refractivity contribution is 6.50. The second kappa shape index (κ2) is 5.10. The fourth-order valence-corrected chi connectivity index (χ4v) is 1.77. The quantitative estimate of drug-likeness (QED) is 0.702. The van der Waals surface area contributed by atoms with Crippen molar-refractivity contribution in [2.75, 3.05) is 13.1 Å². The Kier molecular flexibility index (Phi) is 4.22. The average molecular weight is 241 g/mol. The molecule has 6 heteroatoms. The molecular formula is C11H20BNO4. The van der Waals surface area contributed by atoms with Crippen LogP contribution in [-0.2, 0) is 4.74 Å². The van der Waals surface area contributed by atoms with E-state index in [0.717, 1.165) is 0 Å². The van der Waals surface area contributed by atoms with Crippen LogP contribution in [0.5, 0.6) is 0 Å². The summed E-state index contributed by atoms with van der Waals surface area (Å²) in [6.45, 7) is 10.1. The van der Waals surface area contributed by atoms with Crippen LogP contribution in [0.25, 0.3) is 0 Å². The molecule has 0 aliphatic carbocycles. The molecule has 0 radical (unpaired) electrons. The van der Waals surface area contributed by atoms with Crippen molar-refractivity contribution in [2.24, 2.45) is 5.92 Å². The fourth-order valence-electron chi connectivity index (χ4n) is 1.77. The van der Waals surface area contributed by atoms with Gasteiger partial charge in [0.1, 0.15) is 5.60 Å². The predicted molar refractivity (Wildman–Crippen MR) is 65.2 cm³/mol. The third kappa shape index (κ3) is 4.05. The summed E-state index contributed by atoms with van der Waals surface area (Å²) in [7, 11) is -1.52. The lowest BCUT2D eigenvalue weighted by Gasteiger charge is -2.24. The molecule has 1 heterocycles. The summed E-state index contributed by atoms with van der Waals surface area (Å²) in [6, 6.07) is 0. The van der Waals surface area contributed by atoms with Gasteiger partial charge in [0, 0.05) is 13.1 Å². The Labute approximate surface area is 102 Å². The van der Waals surface area contributed by atoms with E-state index in [1.54, 1.807) is 4.90 Å². The molecule has 96 valence electrons. The van der Waals surface area contributed by atoms with Gasteiger partial charge in [0.15, 0.2) is 0 Å². The molecule has 1 aliphatic heterocycles. The van der Waals surface area contributed by atoms with Crippen LogP contribution in [0, 0.1) is 5.92 Å². The van der Waals surface area contributed by atoms with Gasteiger partial charge in [-0.1, -0.05) is 0 Å². The molecule has 0 aromatic rings. The van der Waals surface area contributed by atoms with E-state index in [1.165, 1.54) is 0 Å². The van der Waals surface area contributed by atoms with Gasteiger partial charge in [0.25, 0.3) is 0 Å². The molecule has 1 amide bonds. The lowest BCUT2D eigenvalue weighted by Crippen LogP contribution is -2.35. The summed E-state index contributed by atoms with van der Waals surface area (Å²) in [4.78, 5) is 13.3. The molecule has 0 aromatic heterocycles. The van der Waals surface area contributed by atoms with Crippen molar-refractivity contribution in [3.8, 4) is 0 Å². The summed E-state index contributed by atoms with van der Waals surface area (Å²) >= 11 is 0. The van der Waals surface area contributed by atoms with Gasteiger partial charge in [0.2, 0.25) is 0 Å². The maximum Gasteiger partial charge on any atom is 0.483 e. The second-order valence-electron chi connectivity index (χ2n) is 5.36. The third-order valence-corrected chi connectivity index (χ3v) is 2.70. The summed E-state index contributed by atoms with van der Waals surface area (Å²) in [5.41, 5.74) is -0.154. The van der Waals surface area contributed by atoms with Crippen LogP contribution < -0.4 is 0 Å². The molecule has 17 heavy (non-hydrogen) atoms. The second-order valence-corrected chi connectivity index (χ2v) is 5.36. The van der Waals surface area contributed by atoms with Crippen LogP contribution in [0.1, 0.15) is 27.2 Å². The first-order chi connectivity index (χ1) is 7.70. The van der Waals surface area contributed by atoms with Gasteiger partial charge >= 0.3 is 13.2 Å². The van der Waals surface area contributed by atoms with E-state index in [2.05, 4.69) is 6.58 Å². The van der Waals surface area contributed by atoms with E-state index in [1.807, 2.05) is 20.8 Å². The van der Waals surface area contributed by atoms with Crippen molar-refractivity contribution in [1.29, 1.82) is 0 Å². The van der Waals surface area contributed by atoms with Crippen molar-refractivity contribution in [2.45, 2.75) is 32.8 Å². The number of hydrogen-bond donors (Lipinski definition) is 2. The van der Waals surface area contributed by atoms with Gasteiger partial charge in [-0.3, -0.25) is 0 Å². The number of carbonyl (C=O) groups is 1. The lowest BCUT2D eigenvalue weighted by molar-refractivity contribution is 0.0290. The van der Waals surface area contributed by atoms with Crippen LogP contribution in [0.3, 0.4) is 0 Å². The molecule has 5 nitrogen and oxygen atoms in total. The van der Waals surface area contributed by atoms with E-state index in [-0.39, 0.29) is 12.0 Å². The first-order valence-electron chi connectivity index (χ1n) is 5.73. The predicted octanol–water partition coefficient (Wildman–Crippen LogP) is 0.812. The Hall–Kier alpha value is -1.01. The Morgan fingerprint density at radius 3 is 2.53 bits per heavy atom. The molecule has 0 saturated carbocycles. The topological polar surface area (TPSA) is 70.0 Å². The van der Waals surface area contributed by atoms with E-state index in [9.17, 15) is 4.79 Å². The highest BCUT2D eigenvalue weighted by Crippen LogP contribution is 2.24. The van der Waals surface area contributed by atoms with Crippen LogP contribution >= 0.6 is 0 Å². The molecule has 1 fully saturated rings. The summed E-state index contributed by atoms with van der Waals surface area (Å²) < 4.78 is 5.24. The molecule has 1 aliphatic rings. The molecule has 0 bridgehead atoms. The number of carbonyl (C=O) groups excluding carboxylic acids is 1. The normalized spacial score (nSPS) is 20.3. The maximum absolute atomic E-state index is 11.7. The van der Waals surface area contributed by atoms with Gasteiger partial charge < -0.3 is 19.7 Å². The number of rotatable bonds is 2. The van der Waals surface area contributed by atoms with Gasteiger partial charge in [-0.25, -0.2) is 4.79 Å². The van der Waals surface area contributed by atoms with Crippen molar-refractivity contribution < 1.29 is 19.6 Å². The molecule has 1 rings (SSSR count). The Morgan fingerprint density at radius 1 is 1.47 bits per heavy atom. The SMILES string of the molecule is C=C(B(O)O)C1CCN(C(=O)OC(C)(C)C)C1. The first-order valence-corrected chi connectivity index (χ1v) is 5.73. The fraction of sp³-hybridized carbons (Fsp3) is 0.727. The largest absolute Gasteiger partial charge is 0.483 e. The maximum atomic E-state index is 11.7. The number of hydrogen-bond acceptors (Lipinski definition) is 4. The number of likely N-dealkylation sites (tertiary alicyclic amines) is 1. The Bertz CT molecular complexity index is 311. The third-order valence-electron chi connectivity index (χ3n) is 2.70. The number of nitrogens with zero attached hydrogens (tertiary/aromatic N) is 1. The summed E-state index contributed by atoms with van der Waals surface area (Å²) in [6.07, 6.45) is 0.329. The molecular weight excluding hydrogens is 221 g/mol. The van der Waals surface area contributed by atoms with Crippen LogP contribution in [-0.4, -0.2) is 46.9 Å². The lowest BCUT2D eigenvalue weighted by atomic mass is 9.72. The Balaban J connectivity index is 2.51. The van der Waals surface area contributed by atoms with Crippen LogP contribution in [0.4, 0.5) is 4.79 Å². The van der Waals surface area contributed by atoms with Crippen molar-refractivity contribution in [3.05, 3.63) is 12.1 Å². The van der Waals surface area contributed by atoms with Crippen LogP contribution in [0.2, 0.25) is 0 Å². The zero-order valence-electron chi connectivity index (χ0n) is 10.6. The molecule has 0 aromatic carbocycles. The molecule has 0 spiro atoms. The van der Waals surface area contributed by atoms with Gasteiger partial charge in [-0.2, -0.15) is 0 Å². The minimum atomic E-state index is -1.52. The Morgan fingerprint density at radius 2 is 2.06 bits per heavy atom. The first kappa shape index (κ1) is 14.1. The molecule has 1 atom stereocenters. The van der Waals surface area contributed by atoms with Gasteiger partial charge in [-0.15, -0.1) is 6.58 Å². The minimum Gasteiger partial charge on any atom is -0.444 e. The number of amides is 1. The molecule has 1 saturated heterocycles. The van der Waals surface area contributed by atoms with E-state index < -0.39 is 12.7 Å². The molecule has 1 unspecified atom stereocenters. The van der Waals surface area contributed by atoms with E-state index in [4.69, 9.17) is 14.8 Å². The number of ether oxygens (including phenoxy) is 1. The van der Waals surface area contributed by atoms with Gasteiger partial charge in [-0.05, 0) is 38.6 Å². The standard InChI is InChI=1S/C11H20BNO4/c1-8(12(15)16)9-5-6-13(7-9)10(14)17-11(2,3)4/h9,15-16H,1,5-7H2,2-4H3. The summed E-state index contributed by atoms with van der Waals surface area (Å²) in [5, 5.41) is 18.0. The van der Waals surface area contributed by atoms with E-state index in [0.29, 0.717) is 25.0 Å². The van der Waals surface area contributed by atoms with Crippen molar-refractivity contribution in [1.82, 2.24) is 4.90 Å². The molecule has 2 N–H and O–H groups in total. The van der Waals surface area contributed by atoms with Crippen LogP contribution in [0.15, 0.2) is 12.1 Å².